The van der Waals surface area contributed by atoms with Crippen molar-refractivity contribution in [3.8, 4) is 0 Å². The third kappa shape index (κ3) is 2.77. The number of ketones is 1. The summed E-state index contributed by atoms with van der Waals surface area (Å²) < 4.78 is 2.47. The van der Waals surface area contributed by atoms with Crippen molar-refractivity contribution in [2.45, 2.75) is 6.92 Å². The van der Waals surface area contributed by atoms with E-state index in [1.165, 1.54) is 20.3 Å². The Morgan fingerprint density at radius 3 is 2.46 bits per heavy atom. The first kappa shape index (κ1) is 14.9. The summed E-state index contributed by atoms with van der Waals surface area (Å²) in [4.78, 5) is 12.5. The predicted molar refractivity (Wildman–Crippen MR) is 104 cm³/mol. The quantitative estimate of drug-likeness (QED) is 0.320. The van der Waals surface area contributed by atoms with Gasteiger partial charge in [-0.1, -0.05) is 54.1 Å². The van der Waals surface area contributed by atoms with E-state index in [4.69, 9.17) is 0 Å². The molecular formula is C22H16OS. The molecule has 0 aliphatic heterocycles. The molecule has 0 N–H and O–H groups in total. The van der Waals surface area contributed by atoms with Gasteiger partial charge in [0, 0.05) is 25.7 Å². The van der Waals surface area contributed by atoms with E-state index in [0.29, 0.717) is 0 Å². The molecule has 0 unspecified atom stereocenters. The van der Waals surface area contributed by atoms with Crippen LogP contribution in [0.2, 0.25) is 0 Å². The minimum Gasteiger partial charge on any atom is -0.289 e. The molecule has 1 nitrogen and oxygen atoms in total. The molecular weight excluding hydrogens is 312 g/mol. The summed E-state index contributed by atoms with van der Waals surface area (Å²) in [6.45, 7) is 2.05. The number of aryl methyl sites for hydroxylation is 1. The zero-order valence-electron chi connectivity index (χ0n) is 13.3. The Hall–Kier alpha value is -2.71. The number of benzene rings is 3. The van der Waals surface area contributed by atoms with Crippen molar-refractivity contribution in [1.29, 1.82) is 0 Å². The monoisotopic (exact) mass is 328 g/mol. The molecule has 0 bridgehead atoms. The van der Waals surface area contributed by atoms with E-state index in [2.05, 4.69) is 19.1 Å². The Morgan fingerprint density at radius 2 is 1.62 bits per heavy atom. The van der Waals surface area contributed by atoms with Gasteiger partial charge >= 0.3 is 0 Å². The minimum atomic E-state index is 0.0350. The average molecular weight is 328 g/mol. The first-order valence-electron chi connectivity index (χ1n) is 7.91. The van der Waals surface area contributed by atoms with Gasteiger partial charge in [-0.2, -0.15) is 0 Å². The molecule has 0 atom stereocenters. The Bertz CT molecular complexity index is 1070. The number of carbonyl (C=O) groups excluding carboxylic acids is 1. The number of carbonyl (C=O) groups is 1. The van der Waals surface area contributed by atoms with Gasteiger partial charge in [-0.05, 0) is 42.8 Å². The van der Waals surface area contributed by atoms with Gasteiger partial charge in [0.15, 0.2) is 5.78 Å². The molecule has 0 amide bonds. The van der Waals surface area contributed by atoms with Crippen molar-refractivity contribution in [1.82, 2.24) is 0 Å². The third-order valence-corrected chi connectivity index (χ3v) is 5.32. The highest BCUT2D eigenvalue weighted by molar-refractivity contribution is 7.25. The van der Waals surface area contributed by atoms with Crippen molar-refractivity contribution in [3.63, 3.8) is 0 Å². The van der Waals surface area contributed by atoms with Crippen LogP contribution in [0.15, 0.2) is 72.8 Å². The number of hydrogen-bond donors (Lipinski definition) is 0. The molecule has 3 aromatic carbocycles. The van der Waals surface area contributed by atoms with Gasteiger partial charge in [-0.3, -0.25) is 4.79 Å². The van der Waals surface area contributed by atoms with Gasteiger partial charge in [-0.25, -0.2) is 0 Å². The third-order valence-electron chi connectivity index (χ3n) is 4.17. The molecule has 0 saturated carbocycles. The number of rotatable bonds is 3. The Balaban J connectivity index is 1.69. The van der Waals surface area contributed by atoms with Crippen LogP contribution in [-0.2, 0) is 0 Å². The van der Waals surface area contributed by atoms with E-state index in [9.17, 15) is 4.79 Å². The smallest absolute Gasteiger partial charge is 0.185 e. The molecule has 0 spiro atoms. The summed E-state index contributed by atoms with van der Waals surface area (Å²) in [6.07, 6.45) is 3.53. The molecule has 0 fully saturated rings. The highest BCUT2D eigenvalue weighted by Crippen LogP contribution is 2.34. The molecule has 4 aromatic rings. The Labute approximate surface area is 144 Å². The zero-order chi connectivity index (χ0) is 16.5. The molecule has 2 heteroatoms. The predicted octanol–water partition coefficient (Wildman–Crippen LogP) is 6.26. The van der Waals surface area contributed by atoms with Crippen LogP contribution in [0.25, 0.3) is 26.2 Å². The van der Waals surface area contributed by atoms with Crippen LogP contribution in [0.4, 0.5) is 0 Å². The first-order valence-corrected chi connectivity index (χ1v) is 8.73. The molecule has 1 aromatic heterocycles. The van der Waals surface area contributed by atoms with Crippen molar-refractivity contribution in [2.24, 2.45) is 0 Å². The van der Waals surface area contributed by atoms with E-state index in [-0.39, 0.29) is 5.78 Å². The first-order chi connectivity index (χ1) is 11.7. The highest BCUT2D eigenvalue weighted by Gasteiger charge is 2.08. The van der Waals surface area contributed by atoms with Crippen molar-refractivity contribution in [3.05, 3.63) is 89.5 Å². The fraction of sp³-hybridized carbons (Fsp3) is 0.0455. The van der Waals surface area contributed by atoms with Crippen molar-refractivity contribution < 1.29 is 4.79 Å². The second kappa shape index (κ2) is 6.06. The summed E-state index contributed by atoms with van der Waals surface area (Å²) in [5.74, 6) is 0.0350. The fourth-order valence-corrected chi connectivity index (χ4v) is 3.91. The lowest BCUT2D eigenvalue weighted by Crippen LogP contribution is -1.93. The summed E-state index contributed by atoms with van der Waals surface area (Å²) in [6, 6.07) is 22.4. The summed E-state index contributed by atoms with van der Waals surface area (Å²) in [5.41, 5.74) is 2.98. The maximum absolute atomic E-state index is 12.5. The van der Waals surface area contributed by atoms with Crippen LogP contribution < -0.4 is 0 Å². The molecule has 0 radical (unpaired) electrons. The van der Waals surface area contributed by atoms with Crippen LogP contribution in [-0.4, -0.2) is 5.78 Å². The largest absolute Gasteiger partial charge is 0.289 e. The SMILES string of the molecule is Cc1ccc(/C=C/C(=O)c2ccc3sc4ccccc4c3c2)cc1. The van der Waals surface area contributed by atoms with E-state index < -0.39 is 0 Å². The molecule has 116 valence electrons. The lowest BCUT2D eigenvalue weighted by Gasteiger charge is -1.98. The second-order valence-electron chi connectivity index (χ2n) is 5.92. The van der Waals surface area contributed by atoms with Gasteiger partial charge < -0.3 is 0 Å². The highest BCUT2D eigenvalue weighted by atomic mass is 32.1. The van der Waals surface area contributed by atoms with Gasteiger partial charge in [0.05, 0.1) is 0 Å². The number of allylic oxidation sites excluding steroid dienone is 1. The van der Waals surface area contributed by atoms with Crippen LogP contribution >= 0.6 is 11.3 Å². The van der Waals surface area contributed by atoms with E-state index >= 15 is 0 Å². The summed E-state index contributed by atoms with van der Waals surface area (Å²) >= 11 is 1.76. The van der Waals surface area contributed by atoms with Crippen LogP contribution in [0.3, 0.4) is 0 Å². The second-order valence-corrected chi connectivity index (χ2v) is 7.00. The van der Waals surface area contributed by atoms with E-state index in [1.807, 2.05) is 60.7 Å². The van der Waals surface area contributed by atoms with Crippen LogP contribution in [0, 0.1) is 6.92 Å². The minimum absolute atomic E-state index is 0.0350. The van der Waals surface area contributed by atoms with E-state index in [0.717, 1.165) is 16.5 Å². The van der Waals surface area contributed by atoms with Crippen LogP contribution in [0.5, 0.6) is 0 Å². The number of thiophene rings is 1. The molecule has 0 saturated heterocycles. The zero-order valence-corrected chi connectivity index (χ0v) is 14.1. The molecule has 24 heavy (non-hydrogen) atoms. The molecule has 4 rings (SSSR count). The van der Waals surface area contributed by atoms with Gasteiger partial charge in [0.25, 0.3) is 0 Å². The van der Waals surface area contributed by atoms with Gasteiger partial charge in [-0.15, -0.1) is 11.3 Å². The summed E-state index contributed by atoms with van der Waals surface area (Å²) in [5, 5.41) is 2.37. The van der Waals surface area contributed by atoms with Crippen molar-refractivity contribution in [2.75, 3.05) is 0 Å². The maximum Gasteiger partial charge on any atom is 0.185 e. The standard InChI is InChI=1S/C22H16OS/c1-15-6-8-16(9-7-15)10-12-20(23)17-11-13-22-19(14-17)18-4-2-3-5-21(18)24-22/h2-14H,1H3/b12-10+. The molecule has 0 aliphatic rings. The molecule has 1 heterocycles. The Kier molecular flexibility index (Phi) is 3.75. The number of hydrogen-bond acceptors (Lipinski definition) is 2. The topological polar surface area (TPSA) is 17.1 Å². The Morgan fingerprint density at radius 1 is 0.875 bits per heavy atom. The molecule has 0 aliphatic carbocycles. The maximum atomic E-state index is 12.5. The van der Waals surface area contributed by atoms with Gasteiger partial charge in [0.1, 0.15) is 0 Å². The van der Waals surface area contributed by atoms with Crippen molar-refractivity contribution >= 4 is 43.4 Å². The average Bonchev–Trinajstić information content (AvgIpc) is 2.99. The van der Waals surface area contributed by atoms with E-state index in [1.54, 1.807) is 17.4 Å². The normalized spacial score (nSPS) is 11.5. The van der Waals surface area contributed by atoms with Crippen LogP contribution in [0.1, 0.15) is 21.5 Å². The number of fused-ring (bicyclic) bond motifs is 3. The fourth-order valence-electron chi connectivity index (χ4n) is 2.83. The lowest BCUT2D eigenvalue weighted by molar-refractivity contribution is 0.104. The summed E-state index contributed by atoms with van der Waals surface area (Å²) in [7, 11) is 0. The van der Waals surface area contributed by atoms with Gasteiger partial charge in [0.2, 0.25) is 0 Å². The lowest BCUT2D eigenvalue weighted by atomic mass is 10.1.